The largest absolute Gasteiger partial charge is 0.481 e. The smallest absolute Gasteiger partial charge is 0.306 e. The van der Waals surface area contributed by atoms with Crippen molar-refractivity contribution in [3.05, 3.63) is 0 Å². The fourth-order valence-corrected chi connectivity index (χ4v) is 2.15. The molecule has 1 saturated heterocycles. The zero-order valence-corrected chi connectivity index (χ0v) is 10.8. The quantitative estimate of drug-likeness (QED) is 0.786. The molecule has 0 aromatic carbocycles. The molecule has 5 heteroatoms. The summed E-state index contributed by atoms with van der Waals surface area (Å²) in [5, 5.41) is 8.79. The van der Waals surface area contributed by atoms with Crippen molar-refractivity contribution in [3.63, 3.8) is 0 Å². The first-order valence-electron chi connectivity index (χ1n) is 6.08. The van der Waals surface area contributed by atoms with E-state index in [2.05, 4.69) is 4.90 Å². The predicted molar refractivity (Wildman–Crippen MR) is 64.7 cm³/mol. The number of hydrogen-bond donors (Lipinski definition) is 1. The van der Waals surface area contributed by atoms with E-state index in [4.69, 9.17) is 5.11 Å². The molecule has 5 nitrogen and oxygen atoms in total. The highest BCUT2D eigenvalue weighted by molar-refractivity contribution is 5.82. The summed E-state index contributed by atoms with van der Waals surface area (Å²) in [6.07, 6.45) is 2.19. The van der Waals surface area contributed by atoms with Crippen molar-refractivity contribution in [2.45, 2.75) is 32.2 Å². The van der Waals surface area contributed by atoms with Gasteiger partial charge >= 0.3 is 5.97 Å². The monoisotopic (exact) mass is 242 g/mol. The van der Waals surface area contributed by atoms with Gasteiger partial charge in [0.1, 0.15) is 0 Å². The number of piperidine rings is 1. The second-order valence-electron chi connectivity index (χ2n) is 5.01. The summed E-state index contributed by atoms with van der Waals surface area (Å²) < 4.78 is 0. The Kier molecular flexibility index (Phi) is 4.93. The van der Waals surface area contributed by atoms with Crippen molar-refractivity contribution in [1.82, 2.24) is 9.80 Å². The number of carbonyl (C=O) groups excluding carboxylic acids is 1. The molecule has 1 aliphatic rings. The molecule has 0 bridgehead atoms. The average Bonchev–Trinajstić information content (AvgIpc) is 2.27. The van der Waals surface area contributed by atoms with Crippen LogP contribution in [-0.4, -0.2) is 60.0 Å². The van der Waals surface area contributed by atoms with Crippen molar-refractivity contribution >= 4 is 11.9 Å². The number of aliphatic carboxylic acids is 1. The molecule has 1 rings (SSSR count). The number of carboxylic acid groups (broad SMARTS) is 1. The molecule has 0 aromatic rings. The fraction of sp³-hybridized carbons (Fsp3) is 0.833. The second kappa shape index (κ2) is 6.00. The van der Waals surface area contributed by atoms with Crippen LogP contribution in [0.3, 0.4) is 0 Å². The number of carboxylic acids is 1. The second-order valence-corrected chi connectivity index (χ2v) is 5.01. The molecule has 17 heavy (non-hydrogen) atoms. The van der Waals surface area contributed by atoms with Crippen molar-refractivity contribution < 1.29 is 14.7 Å². The number of amides is 1. The Morgan fingerprint density at radius 3 is 2.71 bits per heavy atom. The third-order valence-corrected chi connectivity index (χ3v) is 3.44. The highest BCUT2D eigenvalue weighted by Gasteiger charge is 2.26. The lowest BCUT2D eigenvalue weighted by atomic mass is 10.0. The molecular formula is C12H22N2O3. The summed E-state index contributed by atoms with van der Waals surface area (Å²) in [6.45, 7) is 3.52. The molecule has 1 amide bonds. The number of likely N-dealkylation sites (N-methyl/N-ethyl adjacent to an activating group) is 2. The lowest BCUT2D eigenvalue weighted by Crippen LogP contribution is -2.47. The molecule has 0 saturated carbocycles. The number of hydrogen-bond acceptors (Lipinski definition) is 3. The van der Waals surface area contributed by atoms with E-state index in [1.807, 2.05) is 7.05 Å². The minimum atomic E-state index is -0.910. The summed E-state index contributed by atoms with van der Waals surface area (Å²) in [7, 11) is 3.82. The predicted octanol–water partition coefficient (Wildman–Crippen LogP) is 0.650. The van der Waals surface area contributed by atoms with Crippen LogP contribution in [0.15, 0.2) is 0 Å². The zero-order chi connectivity index (χ0) is 13.0. The maximum atomic E-state index is 11.9. The van der Waals surface area contributed by atoms with Gasteiger partial charge in [-0.2, -0.15) is 0 Å². The van der Waals surface area contributed by atoms with E-state index in [9.17, 15) is 9.59 Å². The third-order valence-electron chi connectivity index (χ3n) is 3.44. The van der Waals surface area contributed by atoms with Crippen LogP contribution in [0.5, 0.6) is 0 Å². The highest BCUT2D eigenvalue weighted by Crippen LogP contribution is 2.15. The lowest BCUT2D eigenvalue weighted by molar-refractivity contribution is -0.145. The zero-order valence-electron chi connectivity index (χ0n) is 10.8. The fourth-order valence-electron chi connectivity index (χ4n) is 2.15. The maximum absolute atomic E-state index is 11.9. The number of carbonyl (C=O) groups is 2. The molecule has 0 aromatic heterocycles. The average molecular weight is 242 g/mol. The summed E-state index contributed by atoms with van der Waals surface area (Å²) >= 11 is 0. The van der Waals surface area contributed by atoms with Crippen molar-refractivity contribution in [2.75, 3.05) is 27.2 Å². The molecule has 2 atom stereocenters. The maximum Gasteiger partial charge on any atom is 0.306 e. The molecule has 1 fully saturated rings. The van der Waals surface area contributed by atoms with Gasteiger partial charge in [0.2, 0.25) is 5.91 Å². The Hall–Kier alpha value is -1.10. The minimum absolute atomic E-state index is 0.0693. The number of nitrogens with zero attached hydrogens (tertiary/aromatic N) is 2. The molecule has 98 valence electrons. The van der Waals surface area contributed by atoms with Gasteiger partial charge < -0.3 is 14.9 Å². The van der Waals surface area contributed by atoms with Crippen LogP contribution >= 0.6 is 0 Å². The molecule has 0 spiro atoms. The Morgan fingerprint density at radius 2 is 2.18 bits per heavy atom. The lowest BCUT2D eigenvalue weighted by Gasteiger charge is -2.36. The van der Waals surface area contributed by atoms with Crippen LogP contribution in [0.25, 0.3) is 0 Å². The minimum Gasteiger partial charge on any atom is -0.481 e. The Balaban J connectivity index is 2.48. The molecule has 1 aliphatic heterocycles. The molecule has 2 unspecified atom stereocenters. The van der Waals surface area contributed by atoms with Crippen molar-refractivity contribution in [2.24, 2.45) is 5.92 Å². The van der Waals surface area contributed by atoms with Crippen LogP contribution in [0.1, 0.15) is 26.2 Å². The van der Waals surface area contributed by atoms with Crippen molar-refractivity contribution in [3.8, 4) is 0 Å². The van der Waals surface area contributed by atoms with Gasteiger partial charge in [-0.25, -0.2) is 0 Å². The molecule has 0 radical (unpaired) electrons. The van der Waals surface area contributed by atoms with Crippen molar-refractivity contribution in [1.29, 1.82) is 0 Å². The standard InChI is InChI=1S/C12H22N2O3/c1-9(12(16)17)7-11(15)14(3)10-5-4-6-13(2)8-10/h9-10H,4-8H2,1-3H3,(H,16,17). The molecule has 1 N–H and O–H groups in total. The van der Waals surface area contributed by atoms with Gasteiger partial charge in [0.05, 0.1) is 5.92 Å². The molecular weight excluding hydrogens is 220 g/mol. The first-order chi connectivity index (χ1) is 7.91. The summed E-state index contributed by atoms with van der Waals surface area (Å²) in [5.74, 6) is -1.58. The van der Waals surface area contributed by atoms with E-state index in [0.29, 0.717) is 0 Å². The van der Waals surface area contributed by atoms with E-state index in [1.165, 1.54) is 0 Å². The SMILES string of the molecule is CC(CC(=O)N(C)C1CCCN(C)C1)C(=O)O. The first-order valence-corrected chi connectivity index (χ1v) is 6.08. The topological polar surface area (TPSA) is 60.9 Å². The Bertz CT molecular complexity index is 293. The van der Waals surface area contributed by atoms with E-state index < -0.39 is 11.9 Å². The normalized spacial score (nSPS) is 23.1. The first kappa shape index (κ1) is 14.0. The summed E-state index contributed by atoms with van der Waals surface area (Å²) in [4.78, 5) is 26.5. The van der Waals surface area contributed by atoms with Gasteiger partial charge in [0.15, 0.2) is 0 Å². The van der Waals surface area contributed by atoms with E-state index in [1.54, 1.807) is 18.9 Å². The van der Waals surface area contributed by atoms with E-state index >= 15 is 0 Å². The van der Waals surface area contributed by atoms with Gasteiger partial charge in [-0.05, 0) is 26.4 Å². The van der Waals surface area contributed by atoms with Crippen LogP contribution in [0, 0.1) is 5.92 Å². The molecule has 0 aliphatic carbocycles. The summed E-state index contributed by atoms with van der Waals surface area (Å²) in [6, 6.07) is 0.224. The van der Waals surface area contributed by atoms with E-state index in [0.717, 1.165) is 25.9 Å². The van der Waals surface area contributed by atoms with Crippen LogP contribution < -0.4 is 0 Å². The van der Waals surface area contributed by atoms with Gasteiger partial charge in [-0.3, -0.25) is 9.59 Å². The Labute approximate surface area is 102 Å². The highest BCUT2D eigenvalue weighted by atomic mass is 16.4. The molecule has 1 heterocycles. The number of rotatable bonds is 4. The van der Waals surface area contributed by atoms with Gasteiger partial charge in [0.25, 0.3) is 0 Å². The number of likely N-dealkylation sites (tertiary alicyclic amines) is 1. The van der Waals surface area contributed by atoms with Gasteiger partial charge in [-0.15, -0.1) is 0 Å². The summed E-state index contributed by atoms with van der Waals surface area (Å²) in [5.41, 5.74) is 0. The van der Waals surface area contributed by atoms with E-state index in [-0.39, 0.29) is 18.4 Å². The van der Waals surface area contributed by atoms with Gasteiger partial charge in [-0.1, -0.05) is 6.92 Å². The van der Waals surface area contributed by atoms with Crippen LogP contribution in [0.4, 0.5) is 0 Å². The van der Waals surface area contributed by atoms with Gasteiger partial charge in [0, 0.05) is 26.1 Å². The van der Waals surface area contributed by atoms with Crippen LogP contribution in [0.2, 0.25) is 0 Å². The Morgan fingerprint density at radius 1 is 1.53 bits per heavy atom. The third kappa shape index (κ3) is 4.00. The van der Waals surface area contributed by atoms with Crippen LogP contribution in [-0.2, 0) is 9.59 Å².